The second kappa shape index (κ2) is 8.08. The van der Waals surface area contributed by atoms with E-state index < -0.39 is 29.7 Å². The zero-order chi connectivity index (χ0) is 16.0. The largest absolute Gasteiger partial charge is 0.480 e. The lowest BCUT2D eigenvalue weighted by Gasteiger charge is -2.29. The molecule has 0 aliphatic carbocycles. The van der Waals surface area contributed by atoms with E-state index in [4.69, 9.17) is 17.3 Å². The van der Waals surface area contributed by atoms with Crippen molar-refractivity contribution in [2.24, 2.45) is 10.9 Å². The van der Waals surface area contributed by atoms with Gasteiger partial charge in [0.1, 0.15) is 6.04 Å². The van der Waals surface area contributed by atoms with Gasteiger partial charge < -0.3 is 10.4 Å². The molecule has 0 unspecified atom stereocenters. The number of carboxylic acids is 1. The lowest BCUT2D eigenvalue weighted by atomic mass is 10.1. The smallest absolute Gasteiger partial charge is 0.328 e. The number of carbonyl (C=O) groups is 3. The third-order valence-electron chi connectivity index (χ3n) is 2.90. The summed E-state index contributed by atoms with van der Waals surface area (Å²) in [7, 11) is 0. The summed E-state index contributed by atoms with van der Waals surface area (Å²) in [5.41, 5.74) is 0. The molecule has 2 atom stereocenters. The molecule has 21 heavy (non-hydrogen) atoms. The Morgan fingerprint density at radius 2 is 2.29 bits per heavy atom. The molecule has 1 aliphatic rings. The van der Waals surface area contributed by atoms with Crippen LogP contribution >= 0.6 is 24.0 Å². The summed E-state index contributed by atoms with van der Waals surface area (Å²) in [6, 6.07) is -0.956. The topological polar surface area (TPSA) is 99.1 Å². The van der Waals surface area contributed by atoms with E-state index in [0.717, 1.165) is 6.21 Å². The molecule has 0 spiro atoms. The van der Waals surface area contributed by atoms with Crippen LogP contribution in [0.1, 0.15) is 13.3 Å². The molecule has 2 amide bonds. The highest BCUT2D eigenvalue weighted by Gasteiger charge is 2.36. The quantitative estimate of drug-likeness (QED) is 0.391. The predicted octanol–water partition coefficient (Wildman–Crippen LogP) is 0.143. The highest BCUT2D eigenvalue weighted by molar-refractivity contribution is 7.98. The molecule has 0 saturated carbocycles. The maximum atomic E-state index is 12.1. The third kappa shape index (κ3) is 4.50. The van der Waals surface area contributed by atoms with Gasteiger partial charge in [-0.25, -0.2) is 4.79 Å². The van der Waals surface area contributed by atoms with Crippen LogP contribution in [-0.4, -0.2) is 63.7 Å². The van der Waals surface area contributed by atoms with Gasteiger partial charge >= 0.3 is 5.97 Å². The number of aliphatic carboxylic acids is 1. The Labute approximate surface area is 132 Å². The van der Waals surface area contributed by atoms with Crippen molar-refractivity contribution in [3.8, 4) is 0 Å². The second-order valence-electron chi connectivity index (χ2n) is 4.29. The summed E-state index contributed by atoms with van der Waals surface area (Å²) in [6.07, 6.45) is 3.31. The number of hydrogen-bond donors (Lipinski definition) is 2. The van der Waals surface area contributed by atoms with Crippen molar-refractivity contribution < 1.29 is 19.5 Å². The molecule has 0 aromatic rings. The van der Waals surface area contributed by atoms with Crippen molar-refractivity contribution in [1.82, 2.24) is 10.2 Å². The van der Waals surface area contributed by atoms with E-state index in [1.165, 1.54) is 16.7 Å². The molecule has 1 rings (SSSR count). The SMILES string of the molecule is CCN1C(=O)[C@@H](C=N[C@H](CCSC)C(=O)O)C(=O)NC1=S. The number of nitrogens with zero attached hydrogens (tertiary/aromatic N) is 2. The number of amides is 2. The van der Waals surface area contributed by atoms with Crippen molar-refractivity contribution in [3.05, 3.63) is 0 Å². The number of thiocarbonyl (C=S) groups is 1. The Hall–Kier alpha value is -1.48. The molecule has 1 fully saturated rings. The zero-order valence-electron chi connectivity index (χ0n) is 11.7. The monoisotopic (exact) mass is 331 g/mol. The lowest BCUT2D eigenvalue weighted by Crippen LogP contribution is -2.58. The van der Waals surface area contributed by atoms with Gasteiger partial charge in [-0.2, -0.15) is 11.8 Å². The van der Waals surface area contributed by atoms with Crippen molar-refractivity contribution in [1.29, 1.82) is 0 Å². The van der Waals surface area contributed by atoms with Crippen LogP contribution in [0.4, 0.5) is 0 Å². The first-order valence-corrected chi connectivity index (χ1v) is 8.13. The van der Waals surface area contributed by atoms with Gasteiger partial charge in [0.2, 0.25) is 11.8 Å². The van der Waals surface area contributed by atoms with Crippen LogP contribution in [0.5, 0.6) is 0 Å². The van der Waals surface area contributed by atoms with Crippen molar-refractivity contribution in [3.63, 3.8) is 0 Å². The Kier molecular flexibility index (Phi) is 6.76. The summed E-state index contributed by atoms with van der Waals surface area (Å²) in [5.74, 6) is -2.64. The fraction of sp³-hybridized carbons (Fsp3) is 0.583. The second-order valence-corrected chi connectivity index (χ2v) is 5.66. The minimum Gasteiger partial charge on any atom is -0.480 e. The van der Waals surface area contributed by atoms with E-state index in [2.05, 4.69) is 10.3 Å². The standard InChI is InChI=1S/C12H17N3O4S2/c1-3-15-10(17)7(9(16)14-12(15)20)6-13-8(11(18)19)4-5-21-2/h6-8H,3-5H2,1-2H3,(H,18,19)(H,14,16,20)/t7-,8+/m0/s1. The number of hydrogen-bond acceptors (Lipinski definition) is 6. The van der Waals surface area contributed by atoms with Crippen molar-refractivity contribution >= 4 is 53.1 Å². The van der Waals surface area contributed by atoms with Crippen molar-refractivity contribution in [2.45, 2.75) is 19.4 Å². The first-order valence-electron chi connectivity index (χ1n) is 6.33. The molecule has 0 bridgehead atoms. The average Bonchev–Trinajstić information content (AvgIpc) is 2.41. The number of thioether (sulfide) groups is 1. The number of aliphatic imine (C=N–C) groups is 1. The van der Waals surface area contributed by atoms with Gasteiger partial charge in [0, 0.05) is 12.8 Å². The minimum atomic E-state index is -1.13. The summed E-state index contributed by atoms with van der Waals surface area (Å²) in [4.78, 5) is 40.1. The van der Waals surface area contributed by atoms with Gasteiger partial charge in [-0.3, -0.25) is 19.5 Å². The molecule has 0 aromatic carbocycles. The summed E-state index contributed by atoms with van der Waals surface area (Å²) < 4.78 is 0. The van der Waals surface area contributed by atoms with Crippen LogP contribution in [0.3, 0.4) is 0 Å². The van der Waals surface area contributed by atoms with E-state index in [9.17, 15) is 14.4 Å². The van der Waals surface area contributed by atoms with Crippen LogP contribution < -0.4 is 5.32 Å². The average molecular weight is 331 g/mol. The molecule has 2 N–H and O–H groups in total. The molecular weight excluding hydrogens is 314 g/mol. The van der Waals surface area contributed by atoms with Gasteiger partial charge in [0.15, 0.2) is 11.0 Å². The highest BCUT2D eigenvalue weighted by atomic mass is 32.2. The van der Waals surface area contributed by atoms with E-state index in [1.54, 1.807) is 6.92 Å². The summed E-state index contributed by atoms with van der Waals surface area (Å²) in [6.45, 7) is 2.06. The van der Waals surface area contributed by atoms with Crippen LogP contribution in [0, 0.1) is 5.92 Å². The normalized spacial score (nSPS) is 20.8. The van der Waals surface area contributed by atoms with Gasteiger partial charge in [0.25, 0.3) is 0 Å². The summed E-state index contributed by atoms with van der Waals surface area (Å²) >= 11 is 6.41. The van der Waals surface area contributed by atoms with Crippen LogP contribution in [-0.2, 0) is 14.4 Å². The molecular formula is C12H17N3O4S2. The van der Waals surface area contributed by atoms with E-state index in [1.807, 2.05) is 6.26 Å². The molecule has 1 heterocycles. The first kappa shape index (κ1) is 17.6. The lowest BCUT2D eigenvalue weighted by molar-refractivity contribution is -0.140. The molecule has 9 heteroatoms. The van der Waals surface area contributed by atoms with Crippen LogP contribution in [0.2, 0.25) is 0 Å². The number of rotatable bonds is 7. The Morgan fingerprint density at radius 1 is 1.62 bits per heavy atom. The predicted molar refractivity (Wildman–Crippen MR) is 84.5 cm³/mol. The van der Waals surface area contributed by atoms with Gasteiger partial charge in [-0.1, -0.05) is 0 Å². The van der Waals surface area contributed by atoms with Gasteiger partial charge in [0.05, 0.1) is 0 Å². The fourth-order valence-corrected chi connectivity index (χ4v) is 2.52. The molecule has 7 nitrogen and oxygen atoms in total. The minimum absolute atomic E-state index is 0.0642. The number of carboxylic acid groups (broad SMARTS) is 1. The Bertz CT molecular complexity index is 481. The molecule has 0 aromatic heterocycles. The van der Waals surface area contributed by atoms with E-state index >= 15 is 0 Å². The highest BCUT2D eigenvalue weighted by Crippen LogP contribution is 2.11. The van der Waals surface area contributed by atoms with Gasteiger partial charge in [-0.05, 0) is 37.6 Å². The fourth-order valence-electron chi connectivity index (χ4n) is 1.74. The van der Waals surface area contributed by atoms with Crippen molar-refractivity contribution in [2.75, 3.05) is 18.6 Å². The first-order chi connectivity index (χ1) is 9.92. The Morgan fingerprint density at radius 3 is 2.81 bits per heavy atom. The third-order valence-corrected chi connectivity index (χ3v) is 3.87. The summed E-state index contributed by atoms with van der Waals surface area (Å²) in [5, 5.41) is 11.5. The number of carbonyl (C=O) groups excluding carboxylic acids is 2. The molecule has 1 saturated heterocycles. The molecule has 0 radical (unpaired) electrons. The zero-order valence-corrected chi connectivity index (χ0v) is 13.4. The van der Waals surface area contributed by atoms with Crippen LogP contribution in [0.15, 0.2) is 4.99 Å². The van der Waals surface area contributed by atoms with E-state index in [0.29, 0.717) is 18.7 Å². The maximum absolute atomic E-state index is 12.1. The molecule has 116 valence electrons. The number of nitrogens with one attached hydrogen (secondary N) is 1. The molecule has 1 aliphatic heterocycles. The van der Waals surface area contributed by atoms with Gasteiger partial charge in [-0.15, -0.1) is 0 Å². The Balaban J connectivity index is 2.85. The van der Waals surface area contributed by atoms with Crippen LogP contribution in [0.25, 0.3) is 0 Å². The maximum Gasteiger partial charge on any atom is 0.328 e. The van der Waals surface area contributed by atoms with E-state index in [-0.39, 0.29) is 5.11 Å².